The average Bonchev–Trinajstić information content (AvgIpc) is 3.20. The van der Waals surface area contributed by atoms with Crippen LogP contribution in [-0.4, -0.2) is 21.5 Å². The second-order valence-electron chi connectivity index (χ2n) is 6.38. The first-order valence-electron chi connectivity index (χ1n) is 9.13. The zero-order valence-electron chi connectivity index (χ0n) is 15.4. The van der Waals surface area contributed by atoms with Crippen molar-refractivity contribution in [2.45, 2.75) is 32.7 Å². The predicted molar refractivity (Wildman–Crippen MR) is 105 cm³/mol. The Morgan fingerprint density at radius 3 is 2.41 bits per heavy atom. The van der Waals surface area contributed by atoms with Crippen molar-refractivity contribution in [3.63, 3.8) is 0 Å². The predicted octanol–water partition coefficient (Wildman–Crippen LogP) is 3.71. The molecule has 0 saturated heterocycles. The van der Waals surface area contributed by atoms with Crippen LogP contribution < -0.4 is 5.32 Å². The molecule has 0 atom stereocenters. The molecule has 0 fully saturated rings. The molecular formula is C22H23N3O2. The molecule has 138 valence electrons. The molecule has 0 bridgehead atoms. The van der Waals surface area contributed by atoms with Crippen molar-refractivity contribution >= 4 is 11.7 Å². The summed E-state index contributed by atoms with van der Waals surface area (Å²) >= 11 is 0. The number of nitrogens with one attached hydrogen (secondary N) is 1. The van der Waals surface area contributed by atoms with Crippen LogP contribution in [0.2, 0.25) is 0 Å². The molecule has 3 rings (SSSR count). The van der Waals surface area contributed by atoms with Gasteiger partial charge in [0.05, 0.1) is 11.9 Å². The fourth-order valence-electron chi connectivity index (χ4n) is 2.76. The first-order chi connectivity index (χ1) is 13.2. The molecule has 5 heteroatoms. The van der Waals surface area contributed by atoms with E-state index < -0.39 is 0 Å². The second kappa shape index (κ2) is 8.94. The highest BCUT2D eigenvalue weighted by Gasteiger charge is 2.10. The van der Waals surface area contributed by atoms with Crippen molar-refractivity contribution in [1.82, 2.24) is 15.1 Å². The van der Waals surface area contributed by atoms with Crippen LogP contribution in [0.1, 0.15) is 41.3 Å². The molecule has 0 aliphatic rings. The van der Waals surface area contributed by atoms with Crippen molar-refractivity contribution in [2.75, 3.05) is 0 Å². The third kappa shape index (κ3) is 5.14. The Morgan fingerprint density at radius 2 is 1.70 bits per heavy atom. The van der Waals surface area contributed by atoms with Crippen LogP contribution in [0.3, 0.4) is 0 Å². The summed E-state index contributed by atoms with van der Waals surface area (Å²) in [5.41, 5.74) is 3.73. The summed E-state index contributed by atoms with van der Waals surface area (Å²) in [5, 5.41) is 7.15. The quantitative estimate of drug-likeness (QED) is 0.622. The van der Waals surface area contributed by atoms with E-state index >= 15 is 0 Å². The van der Waals surface area contributed by atoms with Crippen molar-refractivity contribution in [3.05, 3.63) is 83.7 Å². The van der Waals surface area contributed by atoms with Gasteiger partial charge in [-0.1, -0.05) is 49.4 Å². The molecule has 1 heterocycles. The molecule has 1 amide bonds. The molecule has 0 spiro atoms. The van der Waals surface area contributed by atoms with Crippen LogP contribution in [0.25, 0.3) is 5.69 Å². The standard InChI is InChI=1S/C22H23N3O2/c1-2-17-8-10-19(11-9-17)21(26)12-13-22(27)23-14-18-15-24-25(16-18)20-6-4-3-5-7-20/h3-11,15-16H,2,12-14H2,1H3,(H,23,27). The Hall–Kier alpha value is -3.21. The lowest BCUT2D eigenvalue weighted by atomic mass is 10.0. The summed E-state index contributed by atoms with van der Waals surface area (Å²) in [6.07, 6.45) is 4.95. The van der Waals surface area contributed by atoms with Gasteiger partial charge in [-0.25, -0.2) is 4.68 Å². The smallest absolute Gasteiger partial charge is 0.220 e. The van der Waals surface area contributed by atoms with E-state index in [4.69, 9.17) is 0 Å². The molecule has 0 radical (unpaired) electrons. The minimum absolute atomic E-state index is 0.00954. The number of para-hydroxylation sites is 1. The molecule has 0 saturated carbocycles. The third-order valence-corrected chi connectivity index (χ3v) is 4.41. The zero-order valence-corrected chi connectivity index (χ0v) is 15.4. The average molecular weight is 361 g/mol. The van der Waals surface area contributed by atoms with Gasteiger partial charge in [-0.3, -0.25) is 9.59 Å². The lowest BCUT2D eigenvalue weighted by Crippen LogP contribution is -2.23. The number of amides is 1. The Morgan fingerprint density at radius 1 is 0.963 bits per heavy atom. The summed E-state index contributed by atoms with van der Waals surface area (Å²) in [7, 11) is 0. The number of carbonyl (C=O) groups is 2. The van der Waals surface area contributed by atoms with E-state index in [1.807, 2.05) is 60.8 Å². The van der Waals surface area contributed by atoms with Crippen LogP contribution in [0.15, 0.2) is 67.0 Å². The Balaban J connectivity index is 1.45. The van der Waals surface area contributed by atoms with E-state index in [1.165, 1.54) is 5.56 Å². The maximum Gasteiger partial charge on any atom is 0.220 e. The summed E-state index contributed by atoms with van der Waals surface area (Å²) < 4.78 is 1.77. The molecule has 1 N–H and O–H groups in total. The lowest BCUT2D eigenvalue weighted by molar-refractivity contribution is -0.121. The number of carbonyl (C=O) groups excluding carboxylic acids is 2. The number of rotatable bonds is 8. The highest BCUT2D eigenvalue weighted by molar-refractivity contribution is 5.97. The summed E-state index contributed by atoms with van der Waals surface area (Å²) in [6, 6.07) is 17.4. The van der Waals surface area contributed by atoms with E-state index in [0.29, 0.717) is 12.1 Å². The van der Waals surface area contributed by atoms with Crippen molar-refractivity contribution in [3.8, 4) is 5.69 Å². The Bertz CT molecular complexity index is 899. The minimum Gasteiger partial charge on any atom is -0.352 e. The van der Waals surface area contributed by atoms with Crippen molar-refractivity contribution in [1.29, 1.82) is 0 Å². The molecule has 1 aromatic heterocycles. The number of Topliss-reactive ketones (excluding diaryl/α,β-unsaturated/α-hetero) is 1. The van der Waals surface area contributed by atoms with E-state index in [2.05, 4.69) is 17.3 Å². The van der Waals surface area contributed by atoms with Gasteiger partial charge >= 0.3 is 0 Å². The van der Waals surface area contributed by atoms with Gasteiger partial charge < -0.3 is 5.32 Å². The van der Waals surface area contributed by atoms with Crippen molar-refractivity contribution in [2.24, 2.45) is 0 Å². The van der Waals surface area contributed by atoms with Gasteiger partial charge in [-0.05, 0) is 24.1 Å². The SMILES string of the molecule is CCc1ccc(C(=O)CCC(=O)NCc2cnn(-c3ccccc3)c2)cc1. The van der Waals surface area contributed by atoms with Crippen LogP contribution in [-0.2, 0) is 17.8 Å². The molecule has 5 nitrogen and oxygen atoms in total. The van der Waals surface area contributed by atoms with E-state index in [1.54, 1.807) is 10.9 Å². The van der Waals surface area contributed by atoms with E-state index in [-0.39, 0.29) is 24.5 Å². The topological polar surface area (TPSA) is 64.0 Å². The number of hydrogen-bond acceptors (Lipinski definition) is 3. The highest BCUT2D eigenvalue weighted by atomic mass is 16.2. The number of hydrogen-bond donors (Lipinski definition) is 1. The monoisotopic (exact) mass is 361 g/mol. The minimum atomic E-state index is -0.138. The molecule has 0 aliphatic heterocycles. The fourth-order valence-corrected chi connectivity index (χ4v) is 2.76. The summed E-state index contributed by atoms with van der Waals surface area (Å²) in [4.78, 5) is 24.2. The van der Waals surface area contributed by atoms with E-state index in [0.717, 1.165) is 17.7 Å². The Kier molecular flexibility index (Phi) is 6.15. The van der Waals surface area contributed by atoms with Gasteiger partial charge in [0.1, 0.15) is 0 Å². The van der Waals surface area contributed by atoms with Crippen LogP contribution in [0, 0.1) is 0 Å². The normalized spacial score (nSPS) is 10.6. The highest BCUT2D eigenvalue weighted by Crippen LogP contribution is 2.10. The van der Waals surface area contributed by atoms with Gasteiger partial charge in [0, 0.05) is 36.7 Å². The van der Waals surface area contributed by atoms with E-state index in [9.17, 15) is 9.59 Å². The third-order valence-electron chi connectivity index (χ3n) is 4.41. The Labute approximate surface area is 159 Å². The fraction of sp³-hybridized carbons (Fsp3) is 0.227. The van der Waals surface area contributed by atoms with Gasteiger partial charge in [-0.2, -0.15) is 5.10 Å². The molecular weight excluding hydrogens is 338 g/mol. The molecule has 27 heavy (non-hydrogen) atoms. The second-order valence-corrected chi connectivity index (χ2v) is 6.38. The van der Waals surface area contributed by atoms with Gasteiger partial charge in [-0.15, -0.1) is 0 Å². The molecule has 2 aromatic carbocycles. The molecule has 0 unspecified atom stereocenters. The number of ketones is 1. The number of aromatic nitrogens is 2. The maximum atomic E-state index is 12.2. The first-order valence-corrected chi connectivity index (χ1v) is 9.13. The number of benzene rings is 2. The maximum absolute atomic E-state index is 12.2. The lowest BCUT2D eigenvalue weighted by Gasteiger charge is -2.04. The van der Waals surface area contributed by atoms with Gasteiger partial charge in [0.15, 0.2) is 5.78 Å². The summed E-state index contributed by atoms with van der Waals surface area (Å²) in [6.45, 7) is 2.47. The van der Waals surface area contributed by atoms with Crippen LogP contribution >= 0.6 is 0 Å². The van der Waals surface area contributed by atoms with Crippen molar-refractivity contribution < 1.29 is 9.59 Å². The molecule has 0 aliphatic carbocycles. The zero-order chi connectivity index (χ0) is 19.1. The van der Waals surface area contributed by atoms with Crippen LogP contribution in [0.5, 0.6) is 0 Å². The van der Waals surface area contributed by atoms with Gasteiger partial charge in [0.25, 0.3) is 0 Å². The first kappa shape index (κ1) is 18.6. The number of aryl methyl sites for hydroxylation is 1. The largest absolute Gasteiger partial charge is 0.352 e. The van der Waals surface area contributed by atoms with Crippen LogP contribution in [0.4, 0.5) is 0 Å². The number of nitrogens with zero attached hydrogens (tertiary/aromatic N) is 2. The van der Waals surface area contributed by atoms with Gasteiger partial charge in [0.2, 0.25) is 5.91 Å². The molecule has 3 aromatic rings. The summed E-state index contributed by atoms with van der Waals surface area (Å²) in [5.74, 6) is -0.148.